The lowest BCUT2D eigenvalue weighted by Crippen LogP contribution is -2.42. The van der Waals surface area contributed by atoms with Gasteiger partial charge in [-0.3, -0.25) is 4.98 Å². The van der Waals surface area contributed by atoms with Crippen LogP contribution in [0.5, 0.6) is 0 Å². The third kappa shape index (κ3) is 2.71. The Balaban J connectivity index is 1.82. The van der Waals surface area contributed by atoms with E-state index in [1.165, 1.54) is 30.3 Å². The summed E-state index contributed by atoms with van der Waals surface area (Å²) in [7, 11) is 2.18. The molecule has 3 nitrogen and oxygen atoms in total. The fraction of sp³-hybridized carbons (Fsp3) is 0.438. The van der Waals surface area contributed by atoms with Crippen LogP contribution in [0.2, 0.25) is 0 Å². The van der Waals surface area contributed by atoms with Crippen molar-refractivity contribution >= 4 is 16.6 Å². The number of piperidine rings is 1. The second-order valence-corrected chi connectivity index (χ2v) is 5.37. The number of hydrogen-bond donors (Lipinski definition) is 1. The van der Waals surface area contributed by atoms with E-state index in [0.717, 1.165) is 18.6 Å². The van der Waals surface area contributed by atoms with E-state index in [-0.39, 0.29) is 0 Å². The van der Waals surface area contributed by atoms with Gasteiger partial charge in [0.15, 0.2) is 0 Å². The Hall–Kier alpha value is -1.61. The summed E-state index contributed by atoms with van der Waals surface area (Å²) in [6.07, 6.45) is 5.86. The minimum absolute atomic E-state index is 0.616. The van der Waals surface area contributed by atoms with E-state index < -0.39 is 0 Å². The van der Waals surface area contributed by atoms with Crippen LogP contribution in [0.25, 0.3) is 10.9 Å². The van der Waals surface area contributed by atoms with Gasteiger partial charge in [0.1, 0.15) is 0 Å². The van der Waals surface area contributed by atoms with Crippen LogP contribution in [0, 0.1) is 0 Å². The van der Waals surface area contributed by atoms with Crippen LogP contribution in [0.15, 0.2) is 36.5 Å². The minimum Gasteiger partial charge on any atom is -0.372 e. The van der Waals surface area contributed by atoms with Gasteiger partial charge in [-0.2, -0.15) is 0 Å². The van der Waals surface area contributed by atoms with Crippen molar-refractivity contribution in [3.8, 4) is 0 Å². The van der Waals surface area contributed by atoms with Gasteiger partial charge >= 0.3 is 0 Å². The molecule has 1 saturated heterocycles. The summed E-state index contributed by atoms with van der Waals surface area (Å²) in [5.74, 6) is 0. The Labute approximate surface area is 114 Å². The van der Waals surface area contributed by atoms with Gasteiger partial charge in [-0.25, -0.2) is 0 Å². The van der Waals surface area contributed by atoms with Crippen LogP contribution in [0.3, 0.4) is 0 Å². The molecule has 0 saturated carbocycles. The summed E-state index contributed by atoms with van der Waals surface area (Å²) >= 11 is 0. The first-order valence-corrected chi connectivity index (χ1v) is 7.13. The molecule has 1 aliphatic rings. The largest absolute Gasteiger partial charge is 0.372 e. The zero-order chi connectivity index (χ0) is 13.1. The van der Waals surface area contributed by atoms with Gasteiger partial charge in [-0.1, -0.05) is 24.6 Å². The Morgan fingerprint density at radius 3 is 3.00 bits per heavy atom. The molecule has 2 heterocycles. The summed E-state index contributed by atoms with van der Waals surface area (Å²) in [5, 5.41) is 4.85. The molecule has 0 radical (unpaired) electrons. The van der Waals surface area contributed by atoms with Crippen molar-refractivity contribution in [3.63, 3.8) is 0 Å². The van der Waals surface area contributed by atoms with Crippen LogP contribution in [-0.2, 0) is 0 Å². The highest BCUT2D eigenvalue weighted by Gasteiger charge is 2.15. The SMILES string of the molecule is CN(CC1CCCCN1)c1ccnc2ccccc12. The van der Waals surface area contributed by atoms with Gasteiger partial charge in [0.2, 0.25) is 0 Å². The molecule has 1 fully saturated rings. The second kappa shape index (κ2) is 5.57. The van der Waals surface area contributed by atoms with Gasteiger partial charge in [0.25, 0.3) is 0 Å². The first-order chi connectivity index (χ1) is 9.34. The zero-order valence-corrected chi connectivity index (χ0v) is 11.5. The number of nitrogens with one attached hydrogen (secondary N) is 1. The molecular weight excluding hydrogens is 234 g/mol. The standard InChI is InChI=1S/C16H21N3/c1-19(12-13-6-4-5-10-17-13)16-9-11-18-15-8-3-2-7-14(15)16/h2-3,7-9,11,13,17H,4-6,10,12H2,1H3. The molecule has 100 valence electrons. The maximum Gasteiger partial charge on any atom is 0.0722 e. The Bertz CT molecular complexity index is 541. The summed E-state index contributed by atoms with van der Waals surface area (Å²) in [4.78, 5) is 6.78. The molecule has 1 unspecified atom stereocenters. The van der Waals surface area contributed by atoms with E-state index in [1.54, 1.807) is 0 Å². The summed E-state index contributed by atoms with van der Waals surface area (Å²) in [6, 6.07) is 11.1. The van der Waals surface area contributed by atoms with E-state index in [1.807, 2.05) is 12.3 Å². The van der Waals surface area contributed by atoms with E-state index in [2.05, 4.69) is 46.5 Å². The lowest BCUT2D eigenvalue weighted by atomic mass is 10.0. The molecule has 1 aromatic heterocycles. The number of para-hydroxylation sites is 1. The predicted molar refractivity (Wildman–Crippen MR) is 80.7 cm³/mol. The molecule has 19 heavy (non-hydrogen) atoms. The molecule has 1 atom stereocenters. The van der Waals surface area contributed by atoms with E-state index in [0.29, 0.717) is 6.04 Å². The topological polar surface area (TPSA) is 28.2 Å². The number of benzene rings is 1. The van der Waals surface area contributed by atoms with Crippen LogP contribution in [0.1, 0.15) is 19.3 Å². The quantitative estimate of drug-likeness (QED) is 0.914. The maximum absolute atomic E-state index is 4.43. The first kappa shape index (κ1) is 12.4. The lowest BCUT2D eigenvalue weighted by molar-refractivity contribution is 0.403. The van der Waals surface area contributed by atoms with Crippen LogP contribution in [0.4, 0.5) is 5.69 Å². The molecule has 1 N–H and O–H groups in total. The van der Waals surface area contributed by atoms with E-state index in [9.17, 15) is 0 Å². The highest BCUT2D eigenvalue weighted by atomic mass is 15.1. The summed E-state index contributed by atoms with van der Waals surface area (Å²) in [5.41, 5.74) is 2.35. The number of pyridine rings is 1. The molecule has 1 aromatic carbocycles. The Morgan fingerprint density at radius 1 is 1.26 bits per heavy atom. The third-order valence-corrected chi connectivity index (χ3v) is 3.94. The number of hydrogen-bond acceptors (Lipinski definition) is 3. The number of nitrogens with zero attached hydrogens (tertiary/aromatic N) is 2. The number of fused-ring (bicyclic) bond motifs is 1. The van der Waals surface area contributed by atoms with Gasteiger partial charge in [0, 0.05) is 36.9 Å². The number of likely N-dealkylation sites (N-methyl/N-ethyl adjacent to an activating group) is 1. The number of aromatic nitrogens is 1. The second-order valence-electron chi connectivity index (χ2n) is 5.37. The predicted octanol–water partition coefficient (Wildman–Crippen LogP) is 2.81. The molecule has 2 aromatic rings. The van der Waals surface area contributed by atoms with Crippen LogP contribution in [-0.4, -0.2) is 31.2 Å². The molecule has 0 spiro atoms. The number of rotatable bonds is 3. The van der Waals surface area contributed by atoms with E-state index >= 15 is 0 Å². The van der Waals surface area contributed by atoms with Crippen LogP contribution < -0.4 is 10.2 Å². The van der Waals surface area contributed by atoms with Crippen molar-refractivity contribution in [1.82, 2.24) is 10.3 Å². The molecule has 0 aliphatic carbocycles. The average molecular weight is 255 g/mol. The molecular formula is C16H21N3. The van der Waals surface area contributed by atoms with Gasteiger partial charge in [-0.05, 0) is 31.5 Å². The number of anilines is 1. The van der Waals surface area contributed by atoms with E-state index in [4.69, 9.17) is 0 Å². The first-order valence-electron chi connectivity index (χ1n) is 7.13. The smallest absolute Gasteiger partial charge is 0.0722 e. The minimum atomic E-state index is 0.616. The molecule has 3 rings (SSSR count). The molecule has 0 amide bonds. The van der Waals surface area contributed by atoms with Crippen molar-refractivity contribution in [2.45, 2.75) is 25.3 Å². The lowest BCUT2D eigenvalue weighted by Gasteiger charge is -2.30. The van der Waals surface area contributed by atoms with Crippen molar-refractivity contribution < 1.29 is 0 Å². The molecule has 1 aliphatic heterocycles. The van der Waals surface area contributed by atoms with Gasteiger partial charge < -0.3 is 10.2 Å². The zero-order valence-electron chi connectivity index (χ0n) is 11.5. The van der Waals surface area contributed by atoms with Crippen molar-refractivity contribution in [1.29, 1.82) is 0 Å². The van der Waals surface area contributed by atoms with Gasteiger partial charge in [0.05, 0.1) is 5.52 Å². The van der Waals surface area contributed by atoms with Crippen molar-refractivity contribution in [2.75, 3.05) is 25.0 Å². The average Bonchev–Trinajstić information content (AvgIpc) is 2.47. The Kier molecular flexibility index (Phi) is 3.65. The normalized spacial score (nSPS) is 19.5. The molecule has 0 bridgehead atoms. The molecule has 3 heteroatoms. The third-order valence-electron chi connectivity index (χ3n) is 3.94. The highest BCUT2D eigenvalue weighted by molar-refractivity contribution is 5.91. The summed E-state index contributed by atoms with van der Waals surface area (Å²) < 4.78 is 0. The van der Waals surface area contributed by atoms with Crippen LogP contribution >= 0.6 is 0 Å². The van der Waals surface area contributed by atoms with Gasteiger partial charge in [-0.15, -0.1) is 0 Å². The van der Waals surface area contributed by atoms with Crippen molar-refractivity contribution in [3.05, 3.63) is 36.5 Å². The summed E-state index contributed by atoms with van der Waals surface area (Å²) in [6.45, 7) is 2.23. The Morgan fingerprint density at radius 2 is 2.16 bits per heavy atom. The highest BCUT2D eigenvalue weighted by Crippen LogP contribution is 2.24. The monoisotopic (exact) mass is 255 g/mol. The fourth-order valence-electron chi connectivity index (χ4n) is 2.92. The maximum atomic E-state index is 4.43. The fourth-order valence-corrected chi connectivity index (χ4v) is 2.92. The van der Waals surface area contributed by atoms with Crippen molar-refractivity contribution in [2.24, 2.45) is 0 Å².